The molecule has 0 aromatic heterocycles. The number of benzene rings is 1. The van der Waals surface area contributed by atoms with Crippen molar-refractivity contribution in [3.05, 3.63) is 23.8 Å². The standard InChI is InChI=1S/C26H35N3O6/c1-29-21-6-5-19(13-24(30)27-14-16-2-3-16)35-23(21)15-34-22-7-4-18(12-20(22)26(29)32)28-25(31)17-8-10-33-11-9-17/h4,7,12,16-17,19,21,23H,2-3,5-6,8-11,13-15H2,1H3,(H,27,30)(H,28,31)/t19-,21-,23+/m1/s1. The van der Waals surface area contributed by atoms with Crippen LogP contribution in [0.3, 0.4) is 0 Å². The van der Waals surface area contributed by atoms with E-state index in [0.717, 1.165) is 13.0 Å². The molecule has 3 atom stereocenters. The monoisotopic (exact) mass is 485 g/mol. The maximum Gasteiger partial charge on any atom is 0.257 e. The number of anilines is 1. The van der Waals surface area contributed by atoms with Gasteiger partial charge in [-0.15, -0.1) is 0 Å². The van der Waals surface area contributed by atoms with Crippen molar-refractivity contribution in [3.8, 4) is 5.75 Å². The summed E-state index contributed by atoms with van der Waals surface area (Å²) in [6, 6.07) is 5.05. The first-order valence-corrected chi connectivity index (χ1v) is 12.8. The molecule has 3 heterocycles. The third-order valence-electron chi connectivity index (χ3n) is 7.57. The largest absolute Gasteiger partial charge is 0.490 e. The van der Waals surface area contributed by atoms with E-state index in [9.17, 15) is 14.4 Å². The van der Waals surface area contributed by atoms with Crippen molar-refractivity contribution in [2.24, 2.45) is 11.8 Å². The molecule has 0 bridgehead atoms. The van der Waals surface area contributed by atoms with Crippen LogP contribution in [-0.2, 0) is 19.1 Å². The molecule has 1 saturated carbocycles. The van der Waals surface area contributed by atoms with Crippen LogP contribution >= 0.6 is 0 Å². The Morgan fingerprint density at radius 1 is 1.09 bits per heavy atom. The van der Waals surface area contributed by atoms with E-state index in [-0.39, 0.29) is 41.9 Å². The van der Waals surface area contributed by atoms with Gasteiger partial charge < -0.3 is 29.7 Å². The summed E-state index contributed by atoms with van der Waals surface area (Å²) in [5, 5.41) is 5.96. The zero-order valence-corrected chi connectivity index (χ0v) is 20.3. The molecule has 1 aromatic rings. The molecule has 35 heavy (non-hydrogen) atoms. The van der Waals surface area contributed by atoms with Crippen LogP contribution in [0.2, 0.25) is 0 Å². The second-order valence-electron chi connectivity index (χ2n) is 10.2. The number of carbonyl (C=O) groups is 3. The van der Waals surface area contributed by atoms with Gasteiger partial charge in [-0.1, -0.05) is 0 Å². The van der Waals surface area contributed by atoms with Crippen molar-refractivity contribution in [2.45, 2.75) is 63.2 Å². The highest BCUT2D eigenvalue weighted by molar-refractivity contribution is 6.00. The molecule has 2 N–H and O–H groups in total. The van der Waals surface area contributed by atoms with Crippen molar-refractivity contribution in [3.63, 3.8) is 0 Å². The summed E-state index contributed by atoms with van der Waals surface area (Å²) in [6.07, 6.45) is 5.11. The molecule has 4 aliphatic rings. The molecular weight excluding hydrogens is 450 g/mol. The van der Waals surface area contributed by atoms with Crippen LogP contribution in [0.15, 0.2) is 18.2 Å². The predicted molar refractivity (Wildman–Crippen MR) is 128 cm³/mol. The van der Waals surface area contributed by atoms with Crippen molar-refractivity contribution in [1.29, 1.82) is 0 Å². The number of hydrogen-bond acceptors (Lipinski definition) is 6. The Kier molecular flexibility index (Phi) is 7.24. The molecule has 3 aliphatic heterocycles. The Hall–Kier alpha value is -2.65. The lowest BCUT2D eigenvalue weighted by Crippen LogP contribution is -2.54. The molecule has 9 heteroatoms. The Balaban J connectivity index is 1.23. The molecule has 0 unspecified atom stereocenters. The number of hydrogen-bond donors (Lipinski definition) is 2. The number of ether oxygens (including phenoxy) is 3. The number of nitrogens with one attached hydrogen (secondary N) is 2. The van der Waals surface area contributed by atoms with Gasteiger partial charge in [0.2, 0.25) is 11.8 Å². The average Bonchev–Trinajstić information content (AvgIpc) is 3.70. The normalized spacial score (nSPS) is 27.1. The van der Waals surface area contributed by atoms with Gasteiger partial charge in [0, 0.05) is 38.4 Å². The van der Waals surface area contributed by atoms with Gasteiger partial charge in [-0.05, 0) is 62.6 Å². The summed E-state index contributed by atoms with van der Waals surface area (Å²) < 4.78 is 17.6. The van der Waals surface area contributed by atoms with Crippen LogP contribution in [0.4, 0.5) is 5.69 Å². The highest BCUT2D eigenvalue weighted by Gasteiger charge is 2.39. The van der Waals surface area contributed by atoms with Gasteiger partial charge in [0.05, 0.1) is 24.1 Å². The van der Waals surface area contributed by atoms with Crippen molar-refractivity contribution >= 4 is 23.4 Å². The molecule has 5 rings (SSSR count). The van der Waals surface area contributed by atoms with E-state index in [4.69, 9.17) is 14.2 Å². The van der Waals surface area contributed by atoms with Crippen LogP contribution in [-0.4, -0.2) is 74.3 Å². The Morgan fingerprint density at radius 2 is 1.89 bits per heavy atom. The van der Waals surface area contributed by atoms with Crippen LogP contribution in [0.5, 0.6) is 5.75 Å². The highest BCUT2D eigenvalue weighted by atomic mass is 16.5. The van der Waals surface area contributed by atoms with Gasteiger partial charge in [-0.3, -0.25) is 14.4 Å². The molecule has 3 amide bonds. The van der Waals surface area contributed by atoms with Crippen LogP contribution in [0.25, 0.3) is 0 Å². The number of likely N-dealkylation sites (N-methyl/N-ethyl adjacent to an activating group) is 1. The molecule has 0 radical (unpaired) electrons. The quantitative estimate of drug-likeness (QED) is 0.641. The topological polar surface area (TPSA) is 106 Å². The van der Waals surface area contributed by atoms with Crippen LogP contribution in [0.1, 0.15) is 55.3 Å². The fourth-order valence-electron chi connectivity index (χ4n) is 5.17. The molecule has 1 aliphatic carbocycles. The summed E-state index contributed by atoms with van der Waals surface area (Å²) in [7, 11) is 1.79. The summed E-state index contributed by atoms with van der Waals surface area (Å²) in [5.74, 6) is 0.846. The maximum absolute atomic E-state index is 13.4. The molecule has 0 spiro atoms. The lowest BCUT2D eigenvalue weighted by atomic mass is 9.94. The molecule has 190 valence electrons. The fraction of sp³-hybridized carbons (Fsp3) is 0.654. The Morgan fingerprint density at radius 3 is 2.66 bits per heavy atom. The Bertz CT molecular complexity index is 958. The van der Waals surface area contributed by atoms with E-state index in [1.165, 1.54) is 12.8 Å². The highest BCUT2D eigenvalue weighted by Crippen LogP contribution is 2.33. The number of nitrogens with zero attached hydrogens (tertiary/aromatic N) is 1. The van der Waals surface area contributed by atoms with Crippen molar-refractivity contribution < 1.29 is 28.6 Å². The zero-order chi connectivity index (χ0) is 24.4. The average molecular weight is 486 g/mol. The van der Waals surface area contributed by atoms with Crippen molar-refractivity contribution in [2.75, 3.05) is 38.7 Å². The molecule has 1 aromatic carbocycles. The van der Waals surface area contributed by atoms with Gasteiger partial charge in [-0.2, -0.15) is 0 Å². The third kappa shape index (κ3) is 5.78. The Labute approximate surface area is 205 Å². The van der Waals surface area contributed by atoms with Gasteiger partial charge >= 0.3 is 0 Å². The summed E-state index contributed by atoms with van der Waals surface area (Å²) >= 11 is 0. The third-order valence-corrected chi connectivity index (χ3v) is 7.57. The van der Waals surface area contributed by atoms with Crippen molar-refractivity contribution in [1.82, 2.24) is 10.2 Å². The zero-order valence-electron chi connectivity index (χ0n) is 20.3. The lowest BCUT2D eigenvalue weighted by Gasteiger charge is -2.42. The number of fused-ring (bicyclic) bond motifs is 2. The van der Waals surface area contributed by atoms with E-state index in [0.29, 0.717) is 68.4 Å². The smallest absolute Gasteiger partial charge is 0.257 e. The first kappa shape index (κ1) is 24.1. The number of rotatable bonds is 6. The summed E-state index contributed by atoms with van der Waals surface area (Å²) in [6.45, 7) is 2.24. The minimum atomic E-state index is -0.306. The summed E-state index contributed by atoms with van der Waals surface area (Å²) in [5.41, 5.74) is 1.01. The van der Waals surface area contributed by atoms with E-state index in [1.54, 1.807) is 30.1 Å². The van der Waals surface area contributed by atoms with Gasteiger partial charge in [0.25, 0.3) is 5.91 Å². The van der Waals surface area contributed by atoms with Gasteiger partial charge in [0.1, 0.15) is 18.5 Å². The summed E-state index contributed by atoms with van der Waals surface area (Å²) in [4.78, 5) is 40.0. The van der Waals surface area contributed by atoms with Gasteiger partial charge in [-0.25, -0.2) is 0 Å². The van der Waals surface area contributed by atoms with Crippen LogP contribution in [0, 0.1) is 11.8 Å². The second-order valence-corrected chi connectivity index (χ2v) is 10.2. The van der Waals surface area contributed by atoms with E-state index in [2.05, 4.69) is 10.6 Å². The first-order valence-electron chi connectivity index (χ1n) is 12.8. The molecule has 2 saturated heterocycles. The predicted octanol–water partition coefficient (Wildman–Crippen LogP) is 2.35. The lowest BCUT2D eigenvalue weighted by molar-refractivity contribution is -0.134. The number of amides is 3. The number of carbonyl (C=O) groups excluding carboxylic acids is 3. The second kappa shape index (κ2) is 10.5. The first-order chi connectivity index (χ1) is 17.0. The minimum absolute atomic E-state index is 0.0252. The van der Waals surface area contributed by atoms with E-state index >= 15 is 0 Å². The van der Waals surface area contributed by atoms with E-state index < -0.39 is 0 Å². The van der Waals surface area contributed by atoms with Crippen LogP contribution < -0.4 is 15.4 Å². The SMILES string of the molecule is CN1C(=O)c2cc(NC(=O)C3CCOCC3)ccc2OC[C@@H]2O[C@@H](CC(=O)NCC3CC3)CC[C@H]21. The minimum Gasteiger partial charge on any atom is -0.490 e. The molecule has 3 fully saturated rings. The molecular formula is C26H35N3O6. The van der Waals surface area contributed by atoms with E-state index in [1.807, 2.05) is 0 Å². The maximum atomic E-state index is 13.4. The fourth-order valence-corrected chi connectivity index (χ4v) is 5.17. The molecule has 9 nitrogen and oxygen atoms in total. The van der Waals surface area contributed by atoms with Gasteiger partial charge in [0.15, 0.2) is 0 Å².